The van der Waals surface area contributed by atoms with Gasteiger partial charge in [0.1, 0.15) is 0 Å². The van der Waals surface area contributed by atoms with Gasteiger partial charge in [-0.05, 0) is 51.6 Å². The van der Waals surface area contributed by atoms with E-state index in [1.807, 2.05) is 0 Å². The highest BCUT2D eigenvalue weighted by Gasteiger charge is 2.34. The van der Waals surface area contributed by atoms with E-state index in [1.165, 1.54) is 71.0 Å². The molecule has 0 aromatic rings. The molecule has 1 saturated heterocycles. The molecule has 100 valence electrons. The molecule has 2 heteroatoms. The summed E-state index contributed by atoms with van der Waals surface area (Å²) in [6, 6.07) is 0.819. The quantitative estimate of drug-likeness (QED) is 0.810. The van der Waals surface area contributed by atoms with Gasteiger partial charge in [-0.1, -0.05) is 25.7 Å². The van der Waals surface area contributed by atoms with Crippen LogP contribution in [0.5, 0.6) is 0 Å². The van der Waals surface area contributed by atoms with E-state index in [9.17, 15) is 0 Å². The number of hydrogen-bond donors (Lipinski definition) is 1. The van der Waals surface area contributed by atoms with Crippen LogP contribution in [-0.2, 0) is 0 Å². The summed E-state index contributed by atoms with van der Waals surface area (Å²) in [5.41, 5.74) is 0.582. The average Bonchev–Trinajstić information content (AvgIpc) is 2.34. The largest absolute Gasteiger partial charge is 0.319 e. The lowest BCUT2D eigenvalue weighted by molar-refractivity contribution is 0.0622. The van der Waals surface area contributed by atoms with E-state index in [2.05, 4.69) is 24.2 Å². The molecular formula is C15H30N2. The number of likely N-dealkylation sites (tertiary alicyclic amines) is 1. The second-order valence-electron chi connectivity index (χ2n) is 6.41. The SMILES string of the molecule is CNCC1(CN2CCCCC2C)CCCCC1. The van der Waals surface area contributed by atoms with Crippen LogP contribution in [0.3, 0.4) is 0 Å². The lowest BCUT2D eigenvalue weighted by Crippen LogP contribution is -2.49. The summed E-state index contributed by atoms with van der Waals surface area (Å²) in [4.78, 5) is 2.77. The summed E-state index contributed by atoms with van der Waals surface area (Å²) in [5.74, 6) is 0. The third kappa shape index (κ3) is 3.45. The van der Waals surface area contributed by atoms with Crippen molar-refractivity contribution in [3.05, 3.63) is 0 Å². The molecule has 0 radical (unpaired) electrons. The van der Waals surface area contributed by atoms with Crippen LogP contribution in [0.2, 0.25) is 0 Å². The maximum absolute atomic E-state index is 3.46. The first-order valence-electron chi connectivity index (χ1n) is 7.64. The number of nitrogens with zero attached hydrogens (tertiary/aromatic N) is 1. The fraction of sp³-hybridized carbons (Fsp3) is 1.00. The predicted octanol–water partition coefficient (Wildman–Crippen LogP) is 3.03. The van der Waals surface area contributed by atoms with Crippen molar-refractivity contribution in [1.29, 1.82) is 0 Å². The Labute approximate surface area is 107 Å². The summed E-state index contributed by atoms with van der Waals surface area (Å²) in [7, 11) is 2.12. The van der Waals surface area contributed by atoms with Crippen LogP contribution in [0.4, 0.5) is 0 Å². The molecule has 0 spiro atoms. The van der Waals surface area contributed by atoms with Crippen LogP contribution in [0.1, 0.15) is 58.3 Å². The molecule has 1 unspecified atom stereocenters. The van der Waals surface area contributed by atoms with Gasteiger partial charge in [0.2, 0.25) is 0 Å². The van der Waals surface area contributed by atoms with Gasteiger partial charge in [0.25, 0.3) is 0 Å². The molecule has 2 nitrogen and oxygen atoms in total. The van der Waals surface area contributed by atoms with Gasteiger partial charge in [0, 0.05) is 19.1 Å². The monoisotopic (exact) mass is 238 g/mol. The van der Waals surface area contributed by atoms with E-state index < -0.39 is 0 Å². The Morgan fingerprint density at radius 3 is 2.53 bits per heavy atom. The minimum Gasteiger partial charge on any atom is -0.319 e. The van der Waals surface area contributed by atoms with Crippen molar-refractivity contribution in [2.75, 3.05) is 26.7 Å². The Kier molecular flexibility index (Phi) is 4.87. The average molecular weight is 238 g/mol. The maximum atomic E-state index is 3.46. The van der Waals surface area contributed by atoms with Gasteiger partial charge in [-0.15, -0.1) is 0 Å². The zero-order valence-corrected chi connectivity index (χ0v) is 11.8. The molecule has 0 aromatic heterocycles. The molecule has 0 amide bonds. The third-order valence-corrected chi connectivity index (χ3v) is 4.95. The van der Waals surface area contributed by atoms with E-state index in [1.54, 1.807) is 0 Å². The Morgan fingerprint density at radius 1 is 1.12 bits per heavy atom. The van der Waals surface area contributed by atoms with Crippen LogP contribution < -0.4 is 5.32 Å². The molecule has 1 saturated carbocycles. The van der Waals surface area contributed by atoms with Crippen LogP contribution >= 0.6 is 0 Å². The number of piperidine rings is 1. The molecular weight excluding hydrogens is 208 g/mol. The number of rotatable bonds is 4. The normalized spacial score (nSPS) is 30.4. The zero-order valence-electron chi connectivity index (χ0n) is 11.8. The molecule has 1 N–H and O–H groups in total. The van der Waals surface area contributed by atoms with Crippen LogP contribution in [-0.4, -0.2) is 37.6 Å². The van der Waals surface area contributed by atoms with Gasteiger partial charge in [-0.25, -0.2) is 0 Å². The van der Waals surface area contributed by atoms with E-state index >= 15 is 0 Å². The minimum atomic E-state index is 0.582. The molecule has 17 heavy (non-hydrogen) atoms. The Balaban J connectivity index is 1.95. The van der Waals surface area contributed by atoms with Crippen molar-refractivity contribution in [2.45, 2.75) is 64.3 Å². The second-order valence-corrected chi connectivity index (χ2v) is 6.41. The van der Waals surface area contributed by atoms with Crippen molar-refractivity contribution in [3.63, 3.8) is 0 Å². The van der Waals surface area contributed by atoms with E-state index in [4.69, 9.17) is 0 Å². The lowest BCUT2D eigenvalue weighted by Gasteiger charge is -2.44. The molecule has 1 atom stereocenters. The number of nitrogens with one attached hydrogen (secondary N) is 1. The van der Waals surface area contributed by atoms with Gasteiger partial charge in [-0.3, -0.25) is 0 Å². The van der Waals surface area contributed by atoms with E-state index in [0.29, 0.717) is 5.41 Å². The highest BCUT2D eigenvalue weighted by Crippen LogP contribution is 2.37. The van der Waals surface area contributed by atoms with Crippen molar-refractivity contribution in [3.8, 4) is 0 Å². The summed E-state index contributed by atoms with van der Waals surface area (Å²) >= 11 is 0. The fourth-order valence-electron chi connectivity index (χ4n) is 3.89. The fourth-order valence-corrected chi connectivity index (χ4v) is 3.89. The van der Waals surface area contributed by atoms with Gasteiger partial charge in [-0.2, -0.15) is 0 Å². The first kappa shape index (κ1) is 13.4. The zero-order chi connectivity index (χ0) is 12.1. The Hall–Kier alpha value is -0.0800. The molecule has 1 heterocycles. The third-order valence-electron chi connectivity index (χ3n) is 4.95. The van der Waals surface area contributed by atoms with E-state index in [0.717, 1.165) is 6.04 Å². The first-order valence-corrected chi connectivity index (χ1v) is 7.64. The summed E-state index contributed by atoms with van der Waals surface area (Å²) in [5, 5.41) is 3.46. The van der Waals surface area contributed by atoms with Gasteiger partial charge in [0.05, 0.1) is 0 Å². The molecule has 2 fully saturated rings. The lowest BCUT2D eigenvalue weighted by atomic mass is 9.73. The van der Waals surface area contributed by atoms with Gasteiger partial charge >= 0.3 is 0 Å². The van der Waals surface area contributed by atoms with Gasteiger partial charge < -0.3 is 10.2 Å². The summed E-state index contributed by atoms with van der Waals surface area (Å²) in [6.45, 7) is 6.33. The standard InChI is InChI=1S/C15H30N2/c1-14-8-4-7-11-17(14)13-15(12-16-2)9-5-3-6-10-15/h14,16H,3-13H2,1-2H3. The smallest absolute Gasteiger partial charge is 0.00671 e. The first-order chi connectivity index (χ1) is 8.26. The summed E-state index contributed by atoms with van der Waals surface area (Å²) < 4.78 is 0. The topological polar surface area (TPSA) is 15.3 Å². The molecule has 2 aliphatic rings. The molecule has 1 aliphatic heterocycles. The molecule has 1 aliphatic carbocycles. The summed E-state index contributed by atoms with van der Waals surface area (Å²) in [6.07, 6.45) is 11.5. The van der Waals surface area contributed by atoms with Crippen molar-refractivity contribution >= 4 is 0 Å². The molecule has 2 rings (SSSR count). The Morgan fingerprint density at radius 2 is 1.88 bits per heavy atom. The van der Waals surface area contributed by atoms with Crippen molar-refractivity contribution in [1.82, 2.24) is 10.2 Å². The van der Waals surface area contributed by atoms with E-state index in [-0.39, 0.29) is 0 Å². The van der Waals surface area contributed by atoms with Crippen molar-refractivity contribution < 1.29 is 0 Å². The Bertz CT molecular complexity index is 215. The highest BCUT2D eigenvalue weighted by atomic mass is 15.2. The number of hydrogen-bond acceptors (Lipinski definition) is 2. The predicted molar refractivity (Wildman–Crippen MR) is 74.3 cm³/mol. The maximum Gasteiger partial charge on any atom is 0.00671 e. The minimum absolute atomic E-state index is 0.582. The highest BCUT2D eigenvalue weighted by molar-refractivity contribution is 4.89. The molecule has 0 aromatic carbocycles. The molecule has 0 bridgehead atoms. The second kappa shape index (κ2) is 6.19. The van der Waals surface area contributed by atoms with Crippen LogP contribution in [0.25, 0.3) is 0 Å². The van der Waals surface area contributed by atoms with Crippen LogP contribution in [0.15, 0.2) is 0 Å². The van der Waals surface area contributed by atoms with Gasteiger partial charge in [0.15, 0.2) is 0 Å². The van der Waals surface area contributed by atoms with Crippen molar-refractivity contribution in [2.24, 2.45) is 5.41 Å². The van der Waals surface area contributed by atoms with Crippen LogP contribution in [0, 0.1) is 5.41 Å².